The largest absolute Gasteiger partial charge is 0.350 e. The number of para-hydroxylation sites is 1. The number of nitrogens with one attached hydrogen (secondary N) is 2. The van der Waals surface area contributed by atoms with E-state index in [0.29, 0.717) is 11.1 Å². The highest BCUT2D eigenvalue weighted by molar-refractivity contribution is 7.91. The minimum atomic E-state index is -3.60. The summed E-state index contributed by atoms with van der Waals surface area (Å²) in [6.45, 7) is 3.69. The van der Waals surface area contributed by atoms with Crippen LogP contribution in [0.3, 0.4) is 0 Å². The van der Waals surface area contributed by atoms with Crippen LogP contribution < -0.4 is 10.0 Å². The van der Waals surface area contributed by atoms with E-state index in [1.54, 1.807) is 48.5 Å². The van der Waals surface area contributed by atoms with Crippen molar-refractivity contribution in [1.82, 2.24) is 5.32 Å². The van der Waals surface area contributed by atoms with Gasteiger partial charge in [0.25, 0.3) is 5.91 Å². The molecule has 0 aromatic heterocycles. The van der Waals surface area contributed by atoms with E-state index in [2.05, 4.69) is 10.0 Å². The maximum absolute atomic E-state index is 12.3. The van der Waals surface area contributed by atoms with Crippen molar-refractivity contribution in [1.29, 1.82) is 0 Å². The van der Waals surface area contributed by atoms with Crippen molar-refractivity contribution < 1.29 is 13.2 Å². The molecular weight excluding hydrogens is 312 g/mol. The van der Waals surface area contributed by atoms with Crippen molar-refractivity contribution in [2.24, 2.45) is 0 Å². The zero-order valence-corrected chi connectivity index (χ0v) is 13.9. The molecule has 0 radical (unpaired) electrons. The Labute approximate surface area is 136 Å². The molecule has 2 N–H and O–H groups in total. The van der Waals surface area contributed by atoms with Gasteiger partial charge in [-0.25, -0.2) is 8.42 Å². The van der Waals surface area contributed by atoms with Crippen molar-refractivity contribution in [2.75, 3.05) is 4.72 Å². The summed E-state index contributed by atoms with van der Waals surface area (Å²) in [5.41, 5.74) is 1.27. The van der Waals surface area contributed by atoms with Crippen LogP contribution in [0, 0.1) is 0 Å². The summed E-state index contributed by atoms with van der Waals surface area (Å²) in [6, 6.07) is 15.4. The minimum Gasteiger partial charge on any atom is -0.350 e. The lowest BCUT2D eigenvalue weighted by Crippen LogP contribution is -2.31. The molecule has 0 saturated carbocycles. The highest BCUT2D eigenvalue weighted by Gasteiger charge is 2.17. The molecule has 5 nitrogen and oxygen atoms in total. The molecule has 0 saturated heterocycles. The third kappa shape index (κ3) is 5.10. The molecule has 2 aromatic rings. The first kappa shape index (κ1) is 17.0. The molecule has 23 heavy (non-hydrogen) atoms. The van der Waals surface area contributed by atoms with Crippen LogP contribution in [0.1, 0.15) is 29.8 Å². The topological polar surface area (TPSA) is 75.3 Å². The van der Waals surface area contributed by atoms with Crippen LogP contribution in [-0.2, 0) is 15.8 Å². The van der Waals surface area contributed by atoms with Gasteiger partial charge in [0.2, 0.25) is 10.0 Å². The number of hydrogen-bond donors (Lipinski definition) is 2. The van der Waals surface area contributed by atoms with Gasteiger partial charge in [0.1, 0.15) is 0 Å². The Morgan fingerprint density at radius 2 is 1.61 bits per heavy atom. The van der Waals surface area contributed by atoms with E-state index in [9.17, 15) is 13.2 Å². The predicted molar refractivity (Wildman–Crippen MR) is 91.7 cm³/mol. The van der Waals surface area contributed by atoms with Gasteiger partial charge in [-0.1, -0.05) is 42.5 Å². The molecule has 0 heterocycles. The van der Waals surface area contributed by atoms with Gasteiger partial charge in [-0.15, -0.1) is 0 Å². The maximum Gasteiger partial charge on any atom is 0.253 e. The molecular formula is C17H20N2O3S. The van der Waals surface area contributed by atoms with E-state index < -0.39 is 10.0 Å². The summed E-state index contributed by atoms with van der Waals surface area (Å²) in [7, 11) is -3.60. The van der Waals surface area contributed by atoms with Crippen LogP contribution in [0.25, 0.3) is 0 Å². The molecule has 6 heteroatoms. The van der Waals surface area contributed by atoms with Gasteiger partial charge in [0, 0.05) is 6.04 Å². The van der Waals surface area contributed by atoms with Crippen LogP contribution in [0.2, 0.25) is 0 Å². The lowest BCUT2D eigenvalue weighted by molar-refractivity contribution is 0.0944. The average molecular weight is 332 g/mol. The standard InChI is InChI=1S/C17H20N2O3S/c1-13(2)18-17(20)15-10-6-7-11-16(15)19-23(21,22)12-14-8-4-3-5-9-14/h3-11,13,19H,12H2,1-2H3,(H,18,20). The Hall–Kier alpha value is -2.34. The monoisotopic (exact) mass is 332 g/mol. The summed E-state index contributed by atoms with van der Waals surface area (Å²) >= 11 is 0. The van der Waals surface area contributed by atoms with E-state index in [4.69, 9.17) is 0 Å². The van der Waals surface area contributed by atoms with E-state index in [1.807, 2.05) is 19.9 Å². The molecule has 0 unspecified atom stereocenters. The Kier molecular flexibility index (Phi) is 5.39. The van der Waals surface area contributed by atoms with Crippen LogP contribution in [0.4, 0.5) is 5.69 Å². The molecule has 1 amide bonds. The predicted octanol–water partition coefficient (Wildman–Crippen LogP) is 2.77. The Balaban J connectivity index is 2.21. The van der Waals surface area contributed by atoms with Gasteiger partial charge < -0.3 is 5.32 Å². The molecule has 0 aliphatic heterocycles. The number of carbonyl (C=O) groups excluding carboxylic acids is 1. The van der Waals surface area contributed by atoms with Crippen molar-refractivity contribution in [2.45, 2.75) is 25.6 Å². The summed E-state index contributed by atoms with van der Waals surface area (Å²) in [5, 5.41) is 2.76. The second-order valence-electron chi connectivity index (χ2n) is 5.52. The van der Waals surface area contributed by atoms with Crippen LogP contribution in [0.5, 0.6) is 0 Å². The molecule has 0 atom stereocenters. The smallest absolute Gasteiger partial charge is 0.253 e. The van der Waals surface area contributed by atoms with Gasteiger partial charge in [0.05, 0.1) is 17.0 Å². The number of sulfonamides is 1. The minimum absolute atomic E-state index is 0.0310. The van der Waals surface area contributed by atoms with Gasteiger partial charge in [-0.2, -0.15) is 0 Å². The highest BCUT2D eigenvalue weighted by atomic mass is 32.2. The zero-order valence-electron chi connectivity index (χ0n) is 13.1. The fraction of sp³-hybridized carbons (Fsp3) is 0.235. The van der Waals surface area contributed by atoms with E-state index in [-0.39, 0.29) is 23.4 Å². The lowest BCUT2D eigenvalue weighted by Gasteiger charge is -2.14. The summed E-state index contributed by atoms with van der Waals surface area (Å²) < 4.78 is 27.1. The third-order valence-corrected chi connectivity index (χ3v) is 4.30. The SMILES string of the molecule is CC(C)NC(=O)c1ccccc1NS(=O)(=O)Cc1ccccc1. The summed E-state index contributed by atoms with van der Waals surface area (Å²) in [6.07, 6.45) is 0. The van der Waals surface area contributed by atoms with Crippen molar-refractivity contribution in [3.63, 3.8) is 0 Å². The van der Waals surface area contributed by atoms with Gasteiger partial charge in [0.15, 0.2) is 0 Å². The molecule has 122 valence electrons. The molecule has 0 fully saturated rings. The second kappa shape index (κ2) is 7.28. The fourth-order valence-electron chi connectivity index (χ4n) is 2.11. The number of benzene rings is 2. The van der Waals surface area contributed by atoms with Crippen LogP contribution in [-0.4, -0.2) is 20.4 Å². The first-order valence-corrected chi connectivity index (χ1v) is 8.97. The van der Waals surface area contributed by atoms with Crippen LogP contribution >= 0.6 is 0 Å². The Morgan fingerprint density at radius 3 is 2.26 bits per heavy atom. The van der Waals surface area contributed by atoms with E-state index in [1.165, 1.54) is 0 Å². The second-order valence-corrected chi connectivity index (χ2v) is 7.24. The first-order valence-electron chi connectivity index (χ1n) is 7.32. The van der Waals surface area contributed by atoms with Crippen LogP contribution in [0.15, 0.2) is 54.6 Å². The number of anilines is 1. The summed E-state index contributed by atoms with van der Waals surface area (Å²) in [4.78, 5) is 12.2. The molecule has 0 spiro atoms. The number of rotatable bonds is 6. The molecule has 0 aliphatic carbocycles. The quantitative estimate of drug-likeness (QED) is 0.854. The van der Waals surface area contributed by atoms with Crippen molar-refractivity contribution in [3.8, 4) is 0 Å². The molecule has 0 bridgehead atoms. The number of amides is 1. The summed E-state index contributed by atoms with van der Waals surface area (Å²) in [5.74, 6) is -0.452. The molecule has 2 rings (SSSR count). The van der Waals surface area contributed by atoms with E-state index in [0.717, 1.165) is 0 Å². The average Bonchev–Trinajstić information content (AvgIpc) is 2.47. The number of carbonyl (C=O) groups is 1. The van der Waals surface area contributed by atoms with Crippen molar-refractivity contribution >= 4 is 21.6 Å². The first-order chi connectivity index (χ1) is 10.9. The fourth-order valence-corrected chi connectivity index (χ4v) is 3.32. The maximum atomic E-state index is 12.3. The van der Waals surface area contributed by atoms with Gasteiger partial charge >= 0.3 is 0 Å². The Morgan fingerprint density at radius 1 is 1.00 bits per heavy atom. The Bertz CT molecular complexity index is 771. The van der Waals surface area contributed by atoms with E-state index >= 15 is 0 Å². The molecule has 2 aromatic carbocycles. The zero-order chi connectivity index (χ0) is 16.9. The highest BCUT2D eigenvalue weighted by Crippen LogP contribution is 2.18. The van der Waals surface area contributed by atoms with Gasteiger partial charge in [-0.05, 0) is 31.5 Å². The van der Waals surface area contributed by atoms with Crippen molar-refractivity contribution in [3.05, 3.63) is 65.7 Å². The normalized spacial score (nSPS) is 11.3. The lowest BCUT2D eigenvalue weighted by atomic mass is 10.1. The third-order valence-electron chi connectivity index (χ3n) is 3.06. The molecule has 0 aliphatic rings. The number of hydrogen-bond acceptors (Lipinski definition) is 3. The van der Waals surface area contributed by atoms with Gasteiger partial charge in [-0.3, -0.25) is 9.52 Å².